The van der Waals surface area contributed by atoms with E-state index in [1.54, 1.807) is 0 Å². The lowest BCUT2D eigenvalue weighted by Gasteiger charge is -2.51. The van der Waals surface area contributed by atoms with Crippen LogP contribution in [0.1, 0.15) is 32.3 Å². The molecule has 0 bridgehead atoms. The Morgan fingerprint density at radius 2 is 1.88 bits per heavy atom. The van der Waals surface area contributed by atoms with Crippen LogP contribution in [0.25, 0.3) is 0 Å². The zero-order valence-corrected chi connectivity index (χ0v) is 12.0. The van der Waals surface area contributed by atoms with Gasteiger partial charge in [0.2, 0.25) is 0 Å². The van der Waals surface area contributed by atoms with Crippen molar-refractivity contribution >= 4 is 21.6 Å². The molecule has 1 saturated heterocycles. The van der Waals surface area contributed by atoms with Crippen molar-refractivity contribution in [3.63, 3.8) is 0 Å². The minimum absolute atomic E-state index is 0.584. The summed E-state index contributed by atoms with van der Waals surface area (Å²) in [5, 5.41) is 0. The van der Waals surface area contributed by atoms with Crippen LogP contribution in [0, 0.1) is 12.3 Å². The van der Waals surface area contributed by atoms with Crippen molar-refractivity contribution in [2.45, 2.75) is 33.6 Å². The van der Waals surface area contributed by atoms with Crippen LogP contribution in [0.5, 0.6) is 0 Å². The van der Waals surface area contributed by atoms with E-state index in [0.717, 1.165) is 0 Å². The third kappa shape index (κ3) is 2.00. The van der Waals surface area contributed by atoms with Gasteiger partial charge in [0.25, 0.3) is 0 Å². The van der Waals surface area contributed by atoms with Crippen molar-refractivity contribution in [3.8, 4) is 0 Å². The minimum atomic E-state index is 0.584. The zero-order valence-electron chi connectivity index (χ0n) is 10.4. The average Bonchev–Trinajstić information content (AvgIpc) is 2.23. The molecule has 0 atom stereocenters. The number of hydrogen-bond acceptors (Lipinski definition) is 1. The van der Waals surface area contributed by atoms with E-state index < -0.39 is 0 Å². The molecule has 88 valence electrons. The number of benzene rings is 1. The van der Waals surface area contributed by atoms with Crippen molar-refractivity contribution in [1.82, 2.24) is 0 Å². The molecule has 0 saturated carbocycles. The Morgan fingerprint density at radius 1 is 1.25 bits per heavy atom. The van der Waals surface area contributed by atoms with Crippen LogP contribution in [-0.2, 0) is 0 Å². The van der Waals surface area contributed by atoms with Crippen molar-refractivity contribution in [2.24, 2.45) is 5.41 Å². The van der Waals surface area contributed by atoms with Crippen LogP contribution in [0.2, 0.25) is 0 Å². The lowest BCUT2D eigenvalue weighted by Crippen LogP contribution is -2.55. The van der Waals surface area contributed by atoms with E-state index in [9.17, 15) is 0 Å². The van der Waals surface area contributed by atoms with Gasteiger partial charge in [-0.2, -0.15) is 0 Å². The van der Waals surface area contributed by atoms with E-state index in [2.05, 4.69) is 59.8 Å². The first-order chi connectivity index (χ1) is 7.60. The molecule has 1 fully saturated rings. The molecule has 2 rings (SSSR count). The number of anilines is 1. The van der Waals surface area contributed by atoms with Crippen molar-refractivity contribution < 1.29 is 0 Å². The summed E-state index contributed by atoms with van der Waals surface area (Å²) in [5.74, 6) is 0. The van der Waals surface area contributed by atoms with Gasteiger partial charge in [0.1, 0.15) is 0 Å². The van der Waals surface area contributed by atoms with Gasteiger partial charge in [-0.3, -0.25) is 0 Å². The smallest absolute Gasteiger partial charge is 0.0370 e. The third-order valence-corrected chi connectivity index (χ3v) is 4.95. The van der Waals surface area contributed by atoms with E-state index in [0.29, 0.717) is 5.41 Å². The quantitative estimate of drug-likeness (QED) is 0.795. The number of nitrogens with zero attached hydrogens (tertiary/aromatic N) is 1. The largest absolute Gasteiger partial charge is 0.370 e. The highest BCUT2D eigenvalue weighted by atomic mass is 79.9. The molecule has 16 heavy (non-hydrogen) atoms. The Balaban J connectivity index is 2.09. The van der Waals surface area contributed by atoms with Crippen LogP contribution < -0.4 is 4.90 Å². The van der Waals surface area contributed by atoms with E-state index in [4.69, 9.17) is 0 Å². The summed E-state index contributed by atoms with van der Waals surface area (Å²) in [5.41, 5.74) is 3.28. The van der Waals surface area contributed by atoms with Crippen LogP contribution in [0.4, 0.5) is 5.69 Å². The second kappa shape index (κ2) is 4.40. The molecule has 0 aromatic heterocycles. The molecule has 0 radical (unpaired) electrons. The molecule has 2 heteroatoms. The van der Waals surface area contributed by atoms with E-state index in [1.165, 1.54) is 41.7 Å². The highest BCUT2D eigenvalue weighted by Gasteiger charge is 2.39. The van der Waals surface area contributed by atoms with Crippen molar-refractivity contribution in [2.75, 3.05) is 18.0 Å². The Hall–Kier alpha value is -0.500. The first kappa shape index (κ1) is 12.0. The fraction of sp³-hybridized carbons (Fsp3) is 0.571. The van der Waals surface area contributed by atoms with Crippen LogP contribution in [0.15, 0.2) is 22.7 Å². The average molecular weight is 282 g/mol. The molecule has 0 N–H and O–H groups in total. The Labute approximate surface area is 107 Å². The normalized spacial score (nSPS) is 18.4. The maximum atomic E-state index is 3.55. The molecule has 1 aromatic rings. The minimum Gasteiger partial charge on any atom is -0.370 e. The molecule has 1 aliphatic heterocycles. The van der Waals surface area contributed by atoms with Crippen LogP contribution in [0.3, 0.4) is 0 Å². The maximum absolute atomic E-state index is 3.55. The zero-order chi connectivity index (χ0) is 11.8. The number of aryl methyl sites for hydroxylation is 1. The van der Waals surface area contributed by atoms with E-state index in [1.807, 2.05) is 0 Å². The summed E-state index contributed by atoms with van der Waals surface area (Å²) in [6.07, 6.45) is 2.60. The van der Waals surface area contributed by atoms with Crippen molar-refractivity contribution in [1.29, 1.82) is 0 Å². The van der Waals surface area contributed by atoms with Gasteiger partial charge in [-0.1, -0.05) is 29.8 Å². The first-order valence-electron chi connectivity index (χ1n) is 6.11. The number of hydrogen-bond donors (Lipinski definition) is 0. The van der Waals surface area contributed by atoms with Gasteiger partial charge in [0, 0.05) is 28.7 Å². The molecule has 0 amide bonds. The fourth-order valence-electron chi connectivity index (χ4n) is 2.47. The highest BCUT2D eigenvalue weighted by Crippen LogP contribution is 2.40. The van der Waals surface area contributed by atoms with Crippen LogP contribution in [-0.4, -0.2) is 13.1 Å². The standard InChI is InChI=1S/C14H20BrN/c1-4-14(5-2)9-16(10-14)12-6-7-13(15)11(3)8-12/h6-8H,4-5,9-10H2,1-3H3. The lowest BCUT2D eigenvalue weighted by molar-refractivity contribution is 0.194. The molecule has 1 aromatic carbocycles. The summed E-state index contributed by atoms with van der Waals surface area (Å²) in [4.78, 5) is 2.49. The second-order valence-corrected chi connectivity index (χ2v) is 5.85. The summed E-state index contributed by atoms with van der Waals surface area (Å²) in [6.45, 7) is 9.23. The summed E-state index contributed by atoms with van der Waals surface area (Å²) in [6, 6.07) is 6.65. The monoisotopic (exact) mass is 281 g/mol. The second-order valence-electron chi connectivity index (χ2n) is 5.00. The molecular weight excluding hydrogens is 262 g/mol. The van der Waals surface area contributed by atoms with Gasteiger partial charge in [-0.15, -0.1) is 0 Å². The van der Waals surface area contributed by atoms with Gasteiger partial charge < -0.3 is 4.90 Å². The Bertz CT molecular complexity index is 374. The van der Waals surface area contributed by atoms with E-state index in [-0.39, 0.29) is 0 Å². The number of rotatable bonds is 3. The Morgan fingerprint density at radius 3 is 2.38 bits per heavy atom. The molecule has 1 aliphatic rings. The SMILES string of the molecule is CCC1(CC)CN(c2ccc(Br)c(C)c2)C1. The lowest BCUT2D eigenvalue weighted by atomic mass is 9.75. The Kier molecular flexibility index (Phi) is 3.29. The summed E-state index contributed by atoms with van der Waals surface area (Å²) < 4.78 is 1.20. The van der Waals surface area contributed by atoms with E-state index >= 15 is 0 Å². The predicted octanol–water partition coefficient (Wildman–Crippen LogP) is 4.38. The van der Waals surface area contributed by atoms with Gasteiger partial charge in [0.05, 0.1) is 0 Å². The molecule has 0 unspecified atom stereocenters. The molecular formula is C14H20BrN. The van der Waals surface area contributed by atoms with Crippen LogP contribution >= 0.6 is 15.9 Å². The number of halogens is 1. The fourth-order valence-corrected chi connectivity index (χ4v) is 2.72. The van der Waals surface area contributed by atoms with Gasteiger partial charge in [0.15, 0.2) is 0 Å². The molecule has 0 spiro atoms. The molecule has 0 aliphatic carbocycles. The third-order valence-electron chi connectivity index (χ3n) is 4.06. The maximum Gasteiger partial charge on any atom is 0.0370 e. The first-order valence-corrected chi connectivity index (χ1v) is 6.90. The summed E-state index contributed by atoms with van der Waals surface area (Å²) >= 11 is 3.55. The topological polar surface area (TPSA) is 3.24 Å². The molecule has 1 nitrogen and oxygen atoms in total. The van der Waals surface area contributed by atoms with Gasteiger partial charge in [-0.25, -0.2) is 0 Å². The van der Waals surface area contributed by atoms with Crippen molar-refractivity contribution in [3.05, 3.63) is 28.2 Å². The van der Waals surface area contributed by atoms with Gasteiger partial charge >= 0.3 is 0 Å². The predicted molar refractivity (Wildman–Crippen MR) is 74.1 cm³/mol. The molecule has 1 heterocycles. The van der Waals surface area contributed by atoms with Gasteiger partial charge in [-0.05, 0) is 43.5 Å². The summed E-state index contributed by atoms with van der Waals surface area (Å²) in [7, 11) is 0. The highest BCUT2D eigenvalue weighted by molar-refractivity contribution is 9.10.